The highest BCUT2D eigenvalue weighted by atomic mass is 19.1. The minimum absolute atomic E-state index is 0.0694. The quantitative estimate of drug-likeness (QED) is 0.830. The van der Waals surface area contributed by atoms with Crippen molar-refractivity contribution in [3.05, 3.63) is 24.0 Å². The van der Waals surface area contributed by atoms with Crippen LogP contribution in [0.5, 0.6) is 5.75 Å². The van der Waals surface area contributed by atoms with Gasteiger partial charge in [-0.1, -0.05) is 6.92 Å². The lowest BCUT2D eigenvalue weighted by Gasteiger charge is -2.10. The maximum atomic E-state index is 13.4. The van der Waals surface area contributed by atoms with Gasteiger partial charge in [0.05, 0.1) is 7.11 Å². The predicted octanol–water partition coefficient (Wildman–Crippen LogP) is 2.27. The van der Waals surface area contributed by atoms with Crippen LogP contribution in [0.3, 0.4) is 0 Å². The minimum Gasteiger partial charge on any atom is -0.494 e. The summed E-state index contributed by atoms with van der Waals surface area (Å²) in [7, 11) is 1.35. The zero-order valence-electron chi connectivity index (χ0n) is 10.8. The molecular formula is C13H16FNO4. The van der Waals surface area contributed by atoms with Crippen LogP contribution in [0.4, 0.5) is 10.1 Å². The van der Waals surface area contributed by atoms with E-state index in [1.807, 2.05) is 0 Å². The molecule has 0 fully saturated rings. The molecule has 2 N–H and O–H groups in total. The van der Waals surface area contributed by atoms with Crippen molar-refractivity contribution in [3.8, 4) is 5.75 Å². The number of carbonyl (C=O) groups is 2. The van der Waals surface area contributed by atoms with Crippen LogP contribution in [0.2, 0.25) is 0 Å². The third-order valence-corrected chi connectivity index (χ3v) is 2.49. The van der Waals surface area contributed by atoms with Crippen molar-refractivity contribution in [3.63, 3.8) is 0 Å². The first-order chi connectivity index (χ1) is 8.92. The second kappa shape index (κ2) is 6.72. The van der Waals surface area contributed by atoms with E-state index in [0.29, 0.717) is 5.69 Å². The Hall–Kier alpha value is -2.11. The Morgan fingerprint density at radius 1 is 1.42 bits per heavy atom. The Morgan fingerprint density at radius 2 is 2.11 bits per heavy atom. The smallest absolute Gasteiger partial charge is 0.303 e. The maximum absolute atomic E-state index is 13.4. The third kappa shape index (κ3) is 4.95. The molecule has 1 rings (SSSR count). The standard InChI is InChI=1S/C13H16FNO4/c1-8(6-13(17)18)5-12(16)15-9-3-4-11(19-2)10(14)7-9/h3-4,7-8H,5-6H2,1-2H3,(H,15,16)(H,17,18). The molecule has 1 aromatic rings. The van der Waals surface area contributed by atoms with Gasteiger partial charge in [-0.3, -0.25) is 9.59 Å². The van der Waals surface area contributed by atoms with E-state index in [1.54, 1.807) is 6.92 Å². The van der Waals surface area contributed by atoms with Gasteiger partial charge in [0, 0.05) is 24.6 Å². The Kier molecular flexibility index (Phi) is 5.29. The highest BCUT2D eigenvalue weighted by Crippen LogP contribution is 2.21. The predicted molar refractivity (Wildman–Crippen MR) is 67.6 cm³/mol. The van der Waals surface area contributed by atoms with Crippen LogP contribution in [-0.2, 0) is 9.59 Å². The van der Waals surface area contributed by atoms with Crippen molar-refractivity contribution in [2.75, 3.05) is 12.4 Å². The second-order valence-electron chi connectivity index (χ2n) is 4.30. The Morgan fingerprint density at radius 3 is 2.63 bits per heavy atom. The lowest BCUT2D eigenvalue weighted by Crippen LogP contribution is -2.17. The molecule has 0 aliphatic rings. The number of halogens is 1. The largest absolute Gasteiger partial charge is 0.494 e. The van der Waals surface area contributed by atoms with Gasteiger partial charge in [0.15, 0.2) is 11.6 Å². The number of carboxylic acid groups (broad SMARTS) is 1. The van der Waals surface area contributed by atoms with Gasteiger partial charge in [-0.15, -0.1) is 0 Å². The van der Waals surface area contributed by atoms with E-state index in [9.17, 15) is 14.0 Å². The van der Waals surface area contributed by atoms with Gasteiger partial charge in [-0.05, 0) is 18.1 Å². The zero-order valence-corrected chi connectivity index (χ0v) is 10.8. The summed E-state index contributed by atoms with van der Waals surface area (Å²) in [6.45, 7) is 1.67. The molecule has 0 saturated heterocycles. The van der Waals surface area contributed by atoms with Crippen LogP contribution in [0.25, 0.3) is 0 Å². The highest BCUT2D eigenvalue weighted by Gasteiger charge is 2.13. The number of rotatable bonds is 6. The van der Waals surface area contributed by atoms with Crippen LogP contribution < -0.4 is 10.1 Å². The summed E-state index contributed by atoms with van der Waals surface area (Å²) < 4.78 is 18.1. The van der Waals surface area contributed by atoms with E-state index in [4.69, 9.17) is 9.84 Å². The van der Waals surface area contributed by atoms with E-state index in [1.165, 1.54) is 19.2 Å². The number of methoxy groups -OCH3 is 1. The minimum atomic E-state index is -0.948. The summed E-state index contributed by atoms with van der Waals surface area (Å²) in [5.41, 5.74) is 0.311. The van der Waals surface area contributed by atoms with Crippen molar-refractivity contribution in [1.29, 1.82) is 0 Å². The number of aliphatic carboxylic acids is 1. The first-order valence-electron chi connectivity index (χ1n) is 5.77. The van der Waals surface area contributed by atoms with E-state index >= 15 is 0 Å². The Bertz CT molecular complexity index is 476. The fourth-order valence-corrected chi connectivity index (χ4v) is 1.64. The van der Waals surface area contributed by atoms with Crippen molar-refractivity contribution in [1.82, 2.24) is 0 Å². The molecule has 19 heavy (non-hydrogen) atoms. The molecule has 0 spiro atoms. The molecule has 0 aromatic heterocycles. The molecule has 0 bridgehead atoms. The average Bonchev–Trinajstić information content (AvgIpc) is 2.27. The SMILES string of the molecule is COc1ccc(NC(=O)CC(C)CC(=O)O)cc1F. The van der Waals surface area contributed by atoms with Crippen molar-refractivity contribution in [2.24, 2.45) is 5.92 Å². The molecule has 5 nitrogen and oxygen atoms in total. The van der Waals surface area contributed by atoms with Crippen LogP contribution in [0.1, 0.15) is 19.8 Å². The van der Waals surface area contributed by atoms with E-state index < -0.39 is 11.8 Å². The number of hydrogen-bond donors (Lipinski definition) is 2. The summed E-state index contributed by atoms with van der Waals surface area (Å²) in [5.74, 6) is -2.05. The number of hydrogen-bond acceptors (Lipinski definition) is 3. The van der Waals surface area contributed by atoms with Gasteiger partial charge in [0.1, 0.15) is 0 Å². The number of anilines is 1. The fourth-order valence-electron chi connectivity index (χ4n) is 1.64. The summed E-state index contributed by atoms with van der Waals surface area (Å²) in [6, 6.07) is 4.08. The van der Waals surface area contributed by atoms with Gasteiger partial charge in [-0.25, -0.2) is 4.39 Å². The summed E-state index contributed by atoms with van der Waals surface area (Å²) >= 11 is 0. The lowest BCUT2D eigenvalue weighted by atomic mass is 10.0. The number of carbonyl (C=O) groups excluding carboxylic acids is 1. The van der Waals surface area contributed by atoms with Gasteiger partial charge < -0.3 is 15.2 Å². The molecule has 0 heterocycles. The number of benzene rings is 1. The average molecular weight is 269 g/mol. The third-order valence-electron chi connectivity index (χ3n) is 2.49. The first kappa shape index (κ1) is 14.9. The van der Waals surface area contributed by atoms with Crippen LogP contribution in [-0.4, -0.2) is 24.1 Å². The number of ether oxygens (including phenoxy) is 1. The molecule has 1 amide bonds. The van der Waals surface area contributed by atoms with Crippen molar-refractivity contribution in [2.45, 2.75) is 19.8 Å². The molecule has 1 unspecified atom stereocenters. The van der Waals surface area contributed by atoms with E-state index in [-0.39, 0.29) is 30.4 Å². The maximum Gasteiger partial charge on any atom is 0.303 e. The van der Waals surface area contributed by atoms with Crippen molar-refractivity contribution >= 4 is 17.6 Å². The summed E-state index contributed by atoms with van der Waals surface area (Å²) in [5, 5.41) is 11.1. The van der Waals surface area contributed by atoms with Gasteiger partial charge in [0.2, 0.25) is 5.91 Å². The second-order valence-corrected chi connectivity index (χ2v) is 4.30. The topological polar surface area (TPSA) is 75.6 Å². The van der Waals surface area contributed by atoms with Crippen LogP contribution in [0, 0.1) is 11.7 Å². The van der Waals surface area contributed by atoms with Gasteiger partial charge in [-0.2, -0.15) is 0 Å². The lowest BCUT2D eigenvalue weighted by molar-refractivity contribution is -0.138. The van der Waals surface area contributed by atoms with Crippen LogP contribution in [0.15, 0.2) is 18.2 Å². The van der Waals surface area contributed by atoms with Crippen LogP contribution >= 0.6 is 0 Å². The van der Waals surface area contributed by atoms with Gasteiger partial charge >= 0.3 is 5.97 Å². The first-order valence-corrected chi connectivity index (χ1v) is 5.77. The monoisotopic (exact) mass is 269 g/mol. The Balaban J connectivity index is 2.57. The Labute approximate surface area is 110 Å². The van der Waals surface area contributed by atoms with Crippen molar-refractivity contribution < 1.29 is 23.8 Å². The molecule has 0 saturated carbocycles. The number of nitrogens with one attached hydrogen (secondary N) is 1. The zero-order chi connectivity index (χ0) is 14.4. The molecule has 6 heteroatoms. The molecule has 1 atom stereocenters. The summed E-state index contributed by atoms with van der Waals surface area (Å²) in [6.07, 6.45) is -0.00958. The molecular weight excluding hydrogens is 253 g/mol. The fraction of sp³-hybridized carbons (Fsp3) is 0.385. The molecule has 1 aromatic carbocycles. The van der Waals surface area contributed by atoms with E-state index in [2.05, 4.69) is 5.32 Å². The number of carboxylic acids is 1. The highest BCUT2D eigenvalue weighted by molar-refractivity contribution is 5.91. The molecule has 0 aliphatic heterocycles. The number of amides is 1. The molecule has 0 radical (unpaired) electrons. The molecule has 104 valence electrons. The normalized spacial score (nSPS) is 11.7. The van der Waals surface area contributed by atoms with Gasteiger partial charge in [0.25, 0.3) is 0 Å². The summed E-state index contributed by atoms with van der Waals surface area (Å²) in [4.78, 5) is 22.1. The molecule has 0 aliphatic carbocycles. The van der Waals surface area contributed by atoms with E-state index in [0.717, 1.165) is 6.07 Å².